The molecular weight excluding hydrogens is 255 g/mol. The van der Waals surface area contributed by atoms with Gasteiger partial charge in [0.2, 0.25) is 5.91 Å². The first-order valence-electron chi connectivity index (χ1n) is 7.39. The van der Waals surface area contributed by atoms with Gasteiger partial charge in [0.15, 0.2) is 0 Å². The Balaban J connectivity index is 1.90. The fourth-order valence-electron chi connectivity index (χ4n) is 2.58. The number of benzene rings is 1. The topological polar surface area (TPSA) is 32.3 Å². The SMILES string of the molecule is CCN(CC)CCNC(=O)C1(c2ccc(F)cc2)CC1. The van der Waals surface area contributed by atoms with Gasteiger partial charge in [0.05, 0.1) is 5.41 Å². The minimum absolute atomic E-state index is 0.0799. The van der Waals surface area contributed by atoms with Crippen molar-refractivity contribution in [2.75, 3.05) is 26.2 Å². The molecule has 2 rings (SSSR count). The fourth-order valence-corrected chi connectivity index (χ4v) is 2.58. The molecule has 1 aliphatic rings. The molecule has 1 N–H and O–H groups in total. The van der Waals surface area contributed by atoms with Gasteiger partial charge in [-0.3, -0.25) is 4.79 Å². The Bertz CT molecular complexity index is 450. The van der Waals surface area contributed by atoms with E-state index >= 15 is 0 Å². The summed E-state index contributed by atoms with van der Waals surface area (Å²) < 4.78 is 13.0. The monoisotopic (exact) mass is 278 g/mol. The lowest BCUT2D eigenvalue weighted by molar-refractivity contribution is -0.123. The van der Waals surface area contributed by atoms with Crippen LogP contribution in [0, 0.1) is 5.82 Å². The molecule has 0 spiro atoms. The highest BCUT2D eigenvalue weighted by Gasteiger charge is 2.50. The maximum absolute atomic E-state index is 13.0. The average molecular weight is 278 g/mol. The third-order valence-corrected chi connectivity index (χ3v) is 4.19. The second-order valence-electron chi connectivity index (χ2n) is 5.37. The number of nitrogens with one attached hydrogen (secondary N) is 1. The first kappa shape index (κ1) is 15.0. The molecule has 1 amide bonds. The van der Waals surface area contributed by atoms with Crippen LogP contribution in [0.3, 0.4) is 0 Å². The maximum Gasteiger partial charge on any atom is 0.230 e. The fraction of sp³-hybridized carbons (Fsp3) is 0.562. The molecule has 0 unspecified atom stereocenters. The van der Waals surface area contributed by atoms with Gasteiger partial charge in [-0.15, -0.1) is 0 Å². The Morgan fingerprint density at radius 3 is 2.35 bits per heavy atom. The number of carbonyl (C=O) groups excluding carboxylic acids is 1. The van der Waals surface area contributed by atoms with Gasteiger partial charge in [-0.1, -0.05) is 26.0 Å². The molecule has 0 atom stereocenters. The van der Waals surface area contributed by atoms with Crippen molar-refractivity contribution in [1.29, 1.82) is 0 Å². The summed E-state index contributed by atoms with van der Waals surface area (Å²) in [6.45, 7) is 7.77. The van der Waals surface area contributed by atoms with Crippen LogP contribution in [0.4, 0.5) is 4.39 Å². The molecular formula is C16H23FN2O. The molecule has 1 aromatic rings. The van der Waals surface area contributed by atoms with Crippen molar-refractivity contribution >= 4 is 5.91 Å². The van der Waals surface area contributed by atoms with Gasteiger partial charge >= 0.3 is 0 Å². The average Bonchev–Trinajstić information content (AvgIpc) is 3.26. The van der Waals surface area contributed by atoms with Gasteiger partial charge in [0.1, 0.15) is 5.82 Å². The molecule has 1 aliphatic carbocycles. The molecule has 1 saturated carbocycles. The number of nitrogens with zero attached hydrogens (tertiary/aromatic N) is 1. The number of hydrogen-bond acceptors (Lipinski definition) is 2. The molecule has 1 fully saturated rings. The normalized spacial score (nSPS) is 16.2. The van der Waals surface area contributed by atoms with Crippen molar-refractivity contribution in [3.05, 3.63) is 35.6 Å². The van der Waals surface area contributed by atoms with Crippen molar-refractivity contribution in [3.8, 4) is 0 Å². The first-order valence-corrected chi connectivity index (χ1v) is 7.39. The van der Waals surface area contributed by atoms with Crippen molar-refractivity contribution in [1.82, 2.24) is 10.2 Å². The largest absolute Gasteiger partial charge is 0.354 e. The van der Waals surface area contributed by atoms with Crippen LogP contribution < -0.4 is 5.32 Å². The highest BCUT2D eigenvalue weighted by atomic mass is 19.1. The van der Waals surface area contributed by atoms with E-state index in [1.54, 1.807) is 12.1 Å². The summed E-state index contributed by atoms with van der Waals surface area (Å²) in [6.07, 6.45) is 1.71. The smallest absolute Gasteiger partial charge is 0.230 e. The van der Waals surface area contributed by atoms with E-state index in [1.165, 1.54) is 12.1 Å². The molecule has 0 heterocycles. The summed E-state index contributed by atoms with van der Waals surface area (Å²) in [5, 5.41) is 3.02. The van der Waals surface area contributed by atoms with Crippen LogP contribution in [0.5, 0.6) is 0 Å². The third-order valence-electron chi connectivity index (χ3n) is 4.19. The van der Waals surface area contributed by atoms with Crippen LogP contribution >= 0.6 is 0 Å². The molecule has 0 radical (unpaired) electrons. The number of likely N-dealkylation sites (N-methyl/N-ethyl adjacent to an activating group) is 1. The molecule has 4 heteroatoms. The molecule has 20 heavy (non-hydrogen) atoms. The molecule has 1 aromatic carbocycles. The zero-order valence-electron chi connectivity index (χ0n) is 12.3. The summed E-state index contributed by atoms with van der Waals surface area (Å²) in [4.78, 5) is 14.6. The summed E-state index contributed by atoms with van der Waals surface area (Å²) in [5.74, 6) is -0.178. The van der Waals surface area contributed by atoms with Crippen LogP contribution in [0.2, 0.25) is 0 Å². The summed E-state index contributed by atoms with van der Waals surface area (Å²) in [5.41, 5.74) is 0.524. The number of hydrogen-bond donors (Lipinski definition) is 1. The number of amides is 1. The minimum atomic E-state index is -0.406. The zero-order chi connectivity index (χ0) is 14.6. The summed E-state index contributed by atoms with van der Waals surface area (Å²) >= 11 is 0. The van der Waals surface area contributed by atoms with Crippen LogP contribution in [-0.2, 0) is 10.2 Å². The number of halogens is 1. The summed E-state index contributed by atoms with van der Waals surface area (Å²) in [7, 11) is 0. The van der Waals surface area contributed by atoms with Gasteiger partial charge in [0, 0.05) is 13.1 Å². The van der Waals surface area contributed by atoms with Gasteiger partial charge in [-0.05, 0) is 43.6 Å². The Morgan fingerprint density at radius 1 is 1.25 bits per heavy atom. The summed E-state index contributed by atoms with van der Waals surface area (Å²) in [6, 6.07) is 6.32. The molecule has 110 valence electrons. The zero-order valence-corrected chi connectivity index (χ0v) is 12.3. The van der Waals surface area contributed by atoms with Crippen molar-refractivity contribution in [3.63, 3.8) is 0 Å². The number of carbonyl (C=O) groups is 1. The molecule has 3 nitrogen and oxygen atoms in total. The highest BCUT2D eigenvalue weighted by Crippen LogP contribution is 2.48. The van der Waals surface area contributed by atoms with E-state index in [4.69, 9.17) is 0 Å². The lowest BCUT2D eigenvalue weighted by Crippen LogP contribution is -2.39. The van der Waals surface area contributed by atoms with E-state index in [0.717, 1.165) is 38.0 Å². The lowest BCUT2D eigenvalue weighted by atomic mass is 9.95. The van der Waals surface area contributed by atoms with Gasteiger partial charge < -0.3 is 10.2 Å². The van der Waals surface area contributed by atoms with Crippen LogP contribution in [0.25, 0.3) is 0 Å². The molecule has 0 aromatic heterocycles. The van der Waals surface area contributed by atoms with Crippen molar-refractivity contribution in [2.24, 2.45) is 0 Å². The second kappa shape index (κ2) is 6.35. The Hall–Kier alpha value is -1.42. The van der Waals surface area contributed by atoms with Crippen LogP contribution in [0.15, 0.2) is 24.3 Å². The predicted octanol–water partition coefficient (Wildman–Crippen LogP) is 2.32. The van der Waals surface area contributed by atoms with Crippen molar-refractivity contribution < 1.29 is 9.18 Å². The minimum Gasteiger partial charge on any atom is -0.354 e. The van der Waals surface area contributed by atoms with E-state index in [1.807, 2.05) is 0 Å². The van der Waals surface area contributed by atoms with E-state index in [-0.39, 0.29) is 11.7 Å². The molecule has 0 bridgehead atoms. The van der Waals surface area contributed by atoms with E-state index in [0.29, 0.717) is 6.54 Å². The maximum atomic E-state index is 13.0. The lowest BCUT2D eigenvalue weighted by Gasteiger charge is -2.20. The molecule has 0 saturated heterocycles. The molecule has 0 aliphatic heterocycles. The predicted molar refractivity (Wildman–Crippen MR) is 78.1 cm³/mol. The van der Waals surface area contributed by atoms with E-state index in [2.05, 4.69) is 24.1 Å². The van der Waals surface area contributed by atoms with Gasteiger partial charge in [-0.2, -0.15) is 0 Å². The quantitative estimate of drug-likeness (QED) is 0.830. The Labute approximate surface area is 120 Å². The Kier molecular flexibility index (Phi) is 4.76. The van der Waals surface area contributed by atoms with Gasteiger partial charge in [-0.25, -0.2) is 4.39 Å². The number of rotatable bonds is 7. The van der Waals surface area contributed by atoms with Crippen LogP contribution in [-0.4, -0.2) is 37.0 Å². The van der Waals surface area contributed by atoms with Crippen molar-refractivity contribution in [2.45, 2.75) is 32.1 Å². The van der Waals surface area contributed by atoms with E-state index in [9.17, 15) is 9.18 Å². The second-order valence-corrected chi connectivity index (χ2v) is 5.37. The first-order chi connectivity index (χ1) is 9.62. The third kappa shape index (κ3) is 3.18. The van der Waals surface area contributed by atoms with Crippen LogP contribution in [0.1, 0.15) is 32.3 Å². The van der Waals surface area contributed by atoms with Gasteiger partial charge in [0.25, 0.3) is 0 Å². The van der Waals surface area contributed by atoms with E-state index < -0.39 is 5.41 Å². The Morgan fingerprint density at radius 2 is 1.85 bits per heavy atom. The highest BCUT2D eigenvalue weighted by molar-refractivity contribution is 5.91. The standard InChI is InChI=1S/C16H23FN2O/c1-3-19(4-2)12-11-18-15(20)16(9-10-16)13-5-7-14(17)8-6-13/h5-8H,3-4,9-12H2,1-2H3,(H,18,20).